The van der Waals surface area contributed by atoms with Crippen LogP contribution in [0.1, 0.15) is 33.1 Å². The summed E-state index contributed by atoms with van der Waals surface area (Å²) in [6.07, 6.45) is 3.91. The van der Waals surface area contributed by atoms with Crippen LogP contribution >= 0.6 is 11.8 Å². The second-order valence-electron chi connectivity index (χ2n) is 4.14. The van der Waals surface area contributed by atoms with Crippen LogP contribution in [0.3, 0.4) is 0 Å². The number of nitrogens with zero attached hydrogens (tertiary/aromatic N) is 1. The molecule has 3 unspecified atom stereocenters. The van der Waals surface area contributed by atoms with Gasteiger partial charge in [0.15, 0.2) is 5.17 Å². The predicted molar refractivity (Wildman–Crippen MR) is 59.3 cm³/mol. The number of aliphatic imine (C=N–C) groups is 1. The smallest absolute Gasteiger partial charge is 0.157 e. The molecule has 2 aliphatic rings. The predicted octanol–water partition coefficient (Wildman–Crippen LogP) is 2.26. The first-order chi connectivity index (χ1) is 6.29. The van der Waals surface area contributed by atoms with Crippen molar-refractivity contribution in [3.8, 4) is 0 Å². The van der Waals surface area contributed by atoms with Gasteiger partial charge in [-0.05, 0) is 18.8 Å². The summed E-state index contributed by atoms with van der Waals surface area (Å²) in [5, 5.41) is 5.46. The maximum absolute atomic E-state index is 4.52. The highest BCUT2D eigenvalue weighted by Gasteiger charge is 2.34. The summed E-state index contributed by atoms with van der Waals surface area (Å²) in [7, 11) is 0. The molecule has 3 atom stereocenters. The molecule has 1 fully saturated rings. The van der Waals surface area contributed by atoms with Gasteiger partial charge in [-0.25, -0.2) is 0 Å². The second kappa shape index (κ2) is 3.91. The van der Waals surface area contributed by atoms with Crippen molar-refractivity contribution < 1.29 is 0 Å². The number of rotatable bonds is 3. The molecule has 0 bridgehead atoms. The highest BCUT2D eigenvalue weighted by Crippen LogP contribution is 2.32. The Morgan fingerprint density at radius 2 is 2.38 bits per heavy atom. The van der Waals surface area contributed by atoms with Crippen molar-refractivity contribution in [1.82, 2.24) is 5.32 Å². The minimum Gasteiger partial charge on any atom is -0.362 e. The van der Waals surface area contributed by atoms with Crippen molar-refractivity contribution in [3.05, 3.63) is 0 Å². The molecular formula is C10H18N2S. The molecule has 1 aliphatic carbocycles. The quantitative estimate of drug-likeness (QED) is 0.752. The van der Waals surface area contributed by atoms with Gasteiger partial charge in [0.1, 0.15) is 0 Å². The third kappa shape index (κ3) is 2.39. The molecule has 1 heterocycles. The monoisotopic (exact) mass is 198 g/mol. The van der Waals surface area contributed by atoms with Crippen molar-refractivity contribution in [2.45, 2.75) is 44.4 Å². The van der Waals surface area contributed by atoms with Crippen molar-refractivity contribution >= 4 is 16.9 Å². The van der Waals surface area contributed by atoms with E-state index in [0.717, 1.165) is 23.8 Å². The van der Waals surface area contributed by atoms with Crippen LogP contribution in [-0.4, -0.2) is 23.0 Å². The van der Waals surface area contributed by atoms with Gasteiger partial charge in [-0.15, -0.1) is 0 Å². The van der Waals surface area contributed by atoms with Gasteiger partial charge in [-0.1, -0.05) is 32.0 Å². The Bertz CT molecular complexity index is 215. The summed E-state index contributed by atoms with van der Waals surface area (Å²) in [5.41, 5.74) is 0. The molecular weight excluding hydrogens is 180 g/mol. The van der Waals surface area contributed by atoms with Crippen LogP contribution in [0.4, 0.5) is 0 Å². The van der Waals surface area contributed by atoms with Crippen LogP contribution in [0.5, 0.6) is 0 Å². The first kappa shape index (κ1) is 9.38. The molecule has 13 heavy (non-hydrogen) atoms. The van der Waals surface area contributed by atoms with Gasteiger partial charge in [0.05, 0.1) is 6.54 Å². The Labute approximate surface area is 84.6 Å². The molecule has 1 saturated carbocycles. The Kier molecular flexibility index (Phi) is 2.82. The Morgan fingerprint density at radius 3 is 3.00 bits per heavy atom. The molecule has 0 spiro atoms. The van der Waals surface area contributed by atoms with E-state index in [1.165, 1.54) is 24.4 Å². The number of nitrogens with one attached hydrogen (secondary N) is 1. The summed E-state index contributed by atoms with van der Waals surface area (Å²) in [6.45, 7) is 5.57. The summed E-state index contributed by atoms with van der Waals surface area (Å²) < 4.78 is 0. The van der Waals surface area contributed by atoms with Gasteiger partial charge in [-0.3, -0.25) is 4.99 Å². The van der Waals surface area contributed by atoms with E-state index in [1.807, 2.05) is 11.8 Å². The lowest BCUT2D eigenvalue weighted by molar-refractivity contribution is 0.753. The highest BCUT2D eigenvalue weighted by molar-refractivity contribution is 8.14. The average molecular weight is 198 g/mol. The van der Waals surface area contributed by atoms with Crippen LogP contribution in [0.25, 0.3) is 0 Å². The Hall–Kier alpha value is -0.180. The van der Waals surface area contributed by atoms with Crippen molar-refractivity contribution in [3.63, 3.8) is 0 Å². The molecule has 2 nitrogen and oxygen atoms in total. The van der Waals surface area contributed by atoms with Crippen molar-refractivity contribution in [1.29, 1.82) is 0 Å². The summed E-state index contributed by atoms with van der Waals surface area (Å²) in [4.78, 5) is 4.52. The number of hydrogen-bond acceptors (Lipinski definition) is 3. The van der Waals surface area contributed by atoms with Crippen molar-refractivity contribution in [2.75, 3.05) is 6.54 Å². The van der Waals surface area contributed by atoms with Gasteiger partial charge < -0.3 is 5.32 Å². The first-order valence-electron chi connectivity index (χ1n) is 5.27. The molecule has 0 saturated heterocycles. The lowest BCUT2D eigenvalue weighted by atomic mass is 10.2. The number of thioether (sulfide) groups is 1. The zero-order chi connectivity index (χ0) is 9.26. The molecule has 0 aromatic heterocycles. The number of amidine groups is 1. The maximum atomic E-state index is 4.52. The molecule has 0 aromatic rings. The van der Waals surface area contributed by atoms with E-state index < -0.39 is 0 Å². The molecule has 3 heteroatoms. The molecule has 2 rings (SSSR count). The van der Waals surface area contributed by atoms with Crippen LogP contribution < -0.4 is 5.32 Å². The van der Waals surface area contributed by atoms with Crippen LogP contribution in [0.15, 0.2) is 4.99 Å². The summed E-state index contributed by atoms with van der Waals surface area (Å²) in [5.74, 6) is 0.869. The zero-order valence-corrected chi connectivity index (χ0v) is 9.23. The molecule has 1 N–H and O–H groups in total. The zero-order valence-electron chi connectivity index (χ0n) is 8.42. The minimum atomic E-state index is 0.728. The van der Waals surface area contributed by atoms with Crippen LogP contribution in [0, 0.1) is 5.92 Å². The van der Waals surface area contributed by atoms with E-state index in [4.69, 9.17) is 0 Å². The fourth-order valence-corrected chi connectivity index (χ4v) is 2.84. The SMILES string of the molecule is CCCC1CN=C(NC2CC2C)S1. The summed E-state index contributed by atoms with van der Waals surface area (Å²) in [6, 6.07) is 0.728. The van der Waals surface area contributed by atoms with E-state index in [2.05, 4.69) is 24.2 Å². The van der Waals surface area contributed by atoms with Gasteiger partial charge in [0.2, 0.25) is 0 Å². The third-order valence-corrected chi connectivity index (χ3v) is 3.93. The lowest BCUT2D eigenvalue weighted by Crippen LogP contribution is -2.22. The lowest BCUT2D eigenvalue weighted by Gasteiger charge is -2.06. The Balaban J connectivity index is 1.71. The minimum absolute atomic E-state index is 0.728. The molecule has 0 aromatic carbocycles. The molecule has 1 aliphatic heterocycles. The molecule has 0 amide bonds. The fourth-order valence-electron chi connectivity index (χ4n) is 1.65. The van der Waals surface area contributed by atoms with Crippen molar-refractivity contribution in [2.24, 2.45) is 10.9 Å². The van der Waals surface area contributed by atoms with Crippen LogP contribution in [0.2, 0.25) is 0 Å². The largest absolute Gasteiger partial charge is 0.362 e. The van der Waals surface area contributed by atoms with Gasteiger partial charge in [0.25, 0.3) is 0 Å². The maximum Gasteiger partial charge on any atom is 0.157 e. The van der Waals surface area contributed by atoms with E-state index in [9.17, 15) is 0 Å². The van der Waals surface area contributed by atoms with E-state index >= 15 is 0 Å². The molecule has 0 radical (unpaired) electrons. The summed E-state index contributed by atoms with van der Waals surface area (Å²) >= 11 is 1.94. The third-order valence-electron chi connectivity index (χ3n) is 2.75. The fraction of sp³-hybridized carbons (Fsp3) is 0.900. The van der Waals surface area contributed by atoms with E-state index in [1.54, 1.807) is 0 Å². The first-order valence-corrected chi connectivity index (χ1v) is 6.15. The van der Waals surface area contributed by atoms with E-state index in [0.29, 0.717) is 0 Å². The molecule has 74 valence electrons. The standard InChI is InChI=1S/C10H18N2S/c1-3-4-8-6-11-10(13-8)12-9-5-7(9)2/h7-9H,3-6H2,1-2H3,(H,11,12). The topological polar surface area (TPSA) is 24.4 Å². The van der Waals surface area contributed by atoms with Crippen LogP contribution in [-0.2, 0) is 0 Å². The average Bonchev–Trinajstić information content (AvgIpc) is 2.63. The normalized spacial score (nSPS) is 37.4. The van der Waals surface area contributed by atoms with Gasteiger partial charge >= 0.3 is 0 Å². The van der Waals surface area contributed by atoms with Gasteiger partial charge in [-0.2, -0.15) is 0 Å². The Morgan fingerprint density at radius 1 is 1.62 bits per heavy atom. The van der Waals surface area contributed by atoms with E-state index in [-0.39, 0.29) is 0 Å². The second-order valence-corrected chi connectivity index (χ2v) is 5.43. The highest BCUT2D eigenvalue weighted by atomic mass is 32.2. The number of hydrogen-bond donors (Lipinski definition) is 1. The van der Waals surface area contributed by atoms with Gasteiger partial charge in [0, 0.05) is 11.3 Å².